The van der Waals surface area contributed by atoms with Crippen LogP contribution in [0.25, 0.3) is 0 Å². The van der Waals surface area contributed by atoms with Crippen molar-refractivity contribution in [3.63, 3.8) is 0 Å². The van der Waals surface area contributed by atoms with Gasteiger partial charge in [0.1, 0.15) is 0 Å². The Morgan fingerprint density at radius 1 is 1.41 bits per heavy atom. The zero-order chi connectivity index (χ0) is 12.3. The molecule has 3 heteroatoms. The van der Waals surface area contributed by atoms with Gasteiger partial charge in [-0.15, -0.1) is 0 Å². The topological polar surface area (TPSA) is 18.5 Å². The average Bonchev–Trinajstić information content (AvgIpc) is 2.79. The number of rotatable bonds is 4. The molecule has 2 heterocycles. The molecular weight excluding hydrogens is 210 g/mol. The van der Waals surface area contributed by atoms with Crippen molar-refractivity contribution in [2.45, 2.75) is 38.6 Å². The fraction of sp³-hybridized carbons (Fsp3) is 1.00. The van der Waals surface area contributed by atoms with Crippen LogP contribution in [0.1, 0.15) is 32.6 Å². The molecule has 2 aliphatic heterocycles. The summed E-state index contributed by atoms with van der Waals surface area (Å²) in [6.45, 7) is 8.70. The molecule has 3 nitrogen and oxygen atoms in total. The van der Waals surface area contributed by atoms with Crippen molar-refractivity contribution in [1.29, 1.82) is 0 Å². The molecule has 0 radical (unpaired) electrons. The van der Waals surface area contributed by atoms with E-state index in [9.17, 15) is 0 Å². The minimum absolute atomic E-state index is 0.555. The van der Waals surface area contributed by atoms with E-state index in [0.717, 1.165) is 6.04 Å². The third-order valence-corrected chi connectivity index (χ3v) is 4.85. The number of piperidine rings is 1. The normalized spacial score (nSPS) is 35.6. The van der Waals surface area contributed by atoms with Crippen molar-refractivity contribution in [1.82, 2.24) is 15.1 Å². The van der Waals surface area contributed by atoms with Gasteiger partial charge in [0, 0.05) is 25.7 Å². The molecule has 2 fully saturated rings. The van der Waals surface area contributed by atoms with E-state index < -0.39 is 0 Å². The lowest BCUT2D eigenvalue weighted by atomic mass is 9.78. The molecule has 17 heavy (non-hydrogen) atoms. The molecule has 2 atom stereocenters. The highest BCUT2D eigenvalue weighted by Gasteiger charge is 2.34. The summed E-state index contributed by atoms with van der Waals surface area (Å²) in [6, 6.07) is 0.778. The second-order valence-corrected chi connectivity index (χ2v) is 6.28. The summed E-state index contributed by atoms with van der Waals surface area (Å²) in [6.07, 6.45) is 5.45. The first-order valence-corrected chi connectivity index (χ1v) is 7.25. The van der Waals surface area contributed by atoms with Gasteiger partial charge in [0.15, 0.2) is 0 Å². The minimum Gasteiger partial charge on any atom is -0.316 e. The number of nitrogens with one attached hydrogen (secondary N) is 1. The maximum absolute atomic E-state index is 3.60. The molecule has 2 rings (SSSR count). The van der Waals surface area contributed by atoms with Crippen LogP contribution in [0.2, 0.25) is 0 Å². The number of likely N-dealkylation sites (N-methyl/N-ethyl adjacent to an activating group) is 1. The van der Waals surface area contributed by atoms with Gasteiger partial charge in [0.25, 0.3) is 0 Å². The third-order valence-electron chi connectivity index (χ3n) is 4.85. The summed E-state index contributed by atoms with van der Waals surface area (Å²) < 4.78 is 0. The molecule has 100 valence electrons. The molecule has 0 aromatic rings. The number of nitrogens with zero attached hydrogens (tertiary/aromatic N) is 2. The highest BCUT2D eigenvalue weighted by atomic mass is 15.2. The highest BCUT2D eigenvalue weighted by molar-refractivity contribution is 4.90. The van der Waals surface area contributed by atoms with Crippen LogP contribution in [0.15, 0.2) is 0 Å². The molecule has 2 unspecified atom stereocenters. The Kier molecular flexibility index (Phi) is 4.45. The Morgan fingerprint density at radius 2 is 2.24 bits per heavy atom. The first-order valence-electron chi connectivity index (χ1n) is 7.25. The van der Waals surface area contributed by atoms with Gasteiger partial charge >= 0.3 is 0 Å². The number of likely N-dealkylation sites (tertiary alicyclic amines) is 1. The first kappa shape index (κ1) is 13.3. The fourth-order valence-electron chi connectivity index (χ4n) is 3.43. The lowest BCUT2D eigenvalue weighted by Gasteiger charge is -2.40. The van der Waals surface area contributed by atoms with Gasteiger partial charge in [-0.05, 0) is 58.3 Å². The summed E-state index contributed by atoms with van der Waals surface area (Å²) in [7, 11) is 4.43. The zero-order valence-corrected chi connectivity index (χ0v) is 11.8. The third kappa shape index (κ3) is 3.21. The maximum atomic E-state index is 3.60. The maximum Gasteiger partial charge on any atom is 0.0229 e. The quantitative estimate of drug-likeness (QED) is 0.800. The van der Waals surface area contributed by atoms with Crippen LogP contribution < -0.4 is 5.32 Å². The largest absolute Gasteiger partial charge is 0.316 e. The van der Waals surface area contributed by atoms with Gasteiger partial charge in [-0.3, -0.25) is 0 Å². The highest BCUT2D eigenvalue weighted by Crippen LogP contribution is 2.32. The smallest absolute Gasteiger partial charge is 0.0229 e. The lowest BCUT2D eigenvalue weighted by Crippen LogP contribution is -2.47. The van der Waals surface area contributed by atoms with Crippen LogP contribution in [-0.2, 0) is 0 Å². The predicted octanol–water partition coefficient (Wildman–Crippen LogP) is 1.40. The van der Waals surface area contributed by atoms with Crippen molar-refractivity contribution in [3.8, 4) is 0 Å². The SMILES string of the molecule is CCC1(CN2CCC(N(C)C)C2)CCCNC1. The van der Waals surface area contributed by atoms with E-state index in [-0.39, 0.29) is 0 Å². The molecule has 0 spiro atoms. The van der Waals surface area contributed by atoms with Crippen LogP contribution in [0.4, 0.5) is 0 Å². The molecule has 0 saturated carbocycles. The monoisotopic (exact) mass is 239 g/mol. The van der Waals surface area contributed by atoms with Crippen LogP contribution in [0.3, 0.4) is 0 Å². The lowest BCUT2D eigenvalue weighted by molar-refractivity contribution is 0.122. The van der Waals surface area contributed by atoms with Gasteiger partial charge < -0.3 is 15.1 Å². The van der Waals surface area contributed by atoms with Crippen molar-refractivity contribution in [2.75, 3.05) is 46.8 Å². The van der Waals surface area contributed by atoms with E-state index in [1.54, 1.807) is 0 Å². The Bertz CT molecular complexity index is 234. The summed E-state index contributed by atoms with van der Waals surface area (Å²) in [5.41, 5.74) is 0.555. The fourth-order valence-corrected chi connectivity index (χ4v) is 3.43. The van der Waals surface area contributed by atoms with Crippen LogP contribution in [0.5, 0.6) is 0 Å². The zero-order valence-electron chi connectivity index (χ0n) is 11.8. The summed E-state index contributed by atoms with van der Waals surface area (Å²) in [4.78, 5) is 5.08. The molecule has 0 aromatic heterocycles. The summed E-state index contributed by atoms with van der Waals surface area (Å²) in [5.74, 6) is 0. The molecule has 0 bridgehead atoms. The summed E-state index contributed by atoms with van der Waals surface area (Å²) >= 11 is 0. The van der Waals surface area contributed by atoms with Crippen LogP contribution >= 0.6 is 0 Å². The molecule has 0 amide bonds. The Labute approximate surface area is 107 Å². The van der Waals surface area contributed by atoms with Crippen molar-refractivity contribution in [2.24, 2.45) is 5.41 Å². The molecular formula is C14H29N3. The van der Waals surface area contributed by atoms with E-state index in [4.69, 9.17) is 0 Å². The van der Waals surface area contributed by atoms with Crippen LogP contribution in [0, 0.1) is 5.41 Å². The van der Waals surface area contributed by atoms with Crippen LogP contribution in [-0.4, -0.2) is 62.7 Å². The van der Waals surface area contributed by atoms with Crippen molar-refractivity contribution in [3.05, 3.63) is 0 Å². The van der Waals surface area contributed by atoms with Gasteiger partial charge in [0.05, 0.1) is 0 Å². The number of hydrogen-bond acceptors (Lipinski definition) is 3. The Balaban J connectivity index is 1.87. The second-order valence-electron chi connectivity index (χ2n) is 6.28. The minimum atomic E-state index is 0.555. The van der Waals surface area contributed by atoms with E-state index in [2.05, 4.69) is 36.1 Å². The molecule has 2 saturated heterocycles. The molecule has 0 aromatic carbocycles. The van der Waals surface area contributed by atoms with Crippen molar-refractivity contribution < 1.29 is 0 Å². The molecule has 1 N–H and O–H groups in total. The van der Waals surface area contributed by atoms with E-state index in [1.165, 1.54) is 58.4 Å². The average molecular weight is 239 g/mol. The van der Waals surface area contributed by atoms with Gasteiger partial charge in [-0.1, -0.05) is 6.92 Å². The molecule has 2 aliphatic rings. The summed E-state index contributed by atoms with van der Waals surface area (Å²) in [5, 5.41) is 3.60. The number of hydrogen-bond donors (Lipinski definition) is 1. The van der Waals surface area contributed by atoms with Gasteiger partial charge in [-0.2, -0.15) is 0 Å². The second kappa shape index (κ2) is 5.68. The van der Waals surface area contributed by atoms with Crippen molar-refractivity contribution >= 4 is 0 Å². The Hall–Kier alpha value is -0.120. The first-order chi connectivity index (χ1) is 8.15. The van der Waals surface area contributed by atoms with E-state index in [0.29, 0.717) is 5.41 Å². The standard InChI is InChI=1S/C14H29N3/c1-4-14(7-5-8-15-11-14)12-17-9-6-13(10-17)16(2)3/h13,15H,4-12H2,1-3H3. The van der Waals surface area contributed by atoms with Gasteiger partial charge in [-0.25, -0.2) is 0 Å². The van der Waals surface area contributed by atoms with E-state index >= 15 is 0 Å². The van der Waals surface area contributed by atoms with E-state index in [1.807, 2.05) is 0 Å². The molecule has 0 aliphatic carbocycles. The predicted molar refractivity (Wildman–Crippen MR) is 73.4 cm³/mol. The Morgan fingerprint density at radius 3 is 2.76 bits per heavy atom. The van der Waals surface area contributed by atoms with Gasteiger partial charge in [0.2, 0.25) is 0 Å².